The number of hydrogen-bond acceptors (Lipinski definition) is 5. The molecule has 0 saturated carbocycles. The highest BCUT2D eigenvalue weighted by atomic mass is 35.5. The molecule has 1 aromatic carbocycles. The lowest BCUT2D eigenvalue weighted by atomic mass is 9.87. The lowest BCUT2D eigenvalue weighted by Crippen LogP contribution is -2.56. The van der Waals surface area contributed by atoms with Crippen LogP contribution in [0.3, 0.4) is 0 Å². The SMILES string of the molecule is O=C(CN1CCC2(CC1)NC(=O)N(Cc1ccc(Cl)cc1)C2=O)NC[C@H]1CCCO1. The first kappa shape index (κ1) is 21.1. The molecule has 3 saturated heterocycles. The van der Waals surface area contributed by atoms with Crippen LogP contribution in [0.25, 0.3) is 0 Å². The van der Waals surface area contributed by atoms with Gasteiger partial charge in [0.25, 0.3) is 5.91 Å². The topological polar surface area (TPSA) is 91.0 Å². The van der Waals surface area contributed by atoms with E-state index in [2.05, 4.69) is 10.6 Å². The maximum Gasteiger partial charge on any atom is 0.325 e. The lowest BCUT2D eigenvalue weighted by molar-refractivity contribution is -0.133. The number of nitrogens with one attached hydrogen (secondary N) is 2. The zero-order valence-corrected chi connectivity index (χ0v) is 17.6. The van der Waals surface area contributed by atoms with E-state index in [0.717, 1.165) is 25.0 Å². The van der Waals surface area contributed by atoms with E-state index in [-0.39, 0.29) is 30.5 Å². The molecule has 4 rings (SSSR count). The third-order valence-corrected chi connectivity index (χ3v) is 6.38. The van der Waals surface area contributed by atoms with Crippen LogP contribution < -0.4 is 10.6 Å². The van der Waals surface area contributed by atoms with Crippen LogP contribution in [-0.4, -0.2) is 72.1 Å². The molecule has 0 bridgehead atoms. The van der Waals surface area contributed by atoms with Crippen LogP contribution in [-0.2, 0) is 20.9 Å². The van der Waals surface area contributed by atoms with Gasteiger partial charge in [0.1, 0.15) is 5.54 Å². The number of carbonyl (C=O) groups excluding carboxylic acids is 3. The summed E-state index contributed by atoms with van der Waals surface area (Å²) in [5, 5.41) is 6.44. The molecule has 2 N–H and O–H groups in total. The molecule has 3 heterocycles. The first-order valence-electron chi connectivity index (χ1n) is 10.4. The highest BCUT2D eigenvalue weighted by molar-refractivity contribution is 6.30. The first-order chi connectivity index (χ1) is 14.4. The Morgan fingerprint density at radius 2 is 1.97 bits per heavy atom. The summed E-state index contributed by atoms with van der Waals surface area (Å²) in [6.07, 6.45) is 3.14. The highest BCUT2D eigenvalue weighted by Gasteiger charge is 2.52. The van der Waals surface area contributed by atoms with E-state index >= 15 is 0 Å². The van der Waals surface area contributed by atoms with E-state index in [4.69, 9.17) is 16.3 Å². The predicted octanol–water partition coefficient (Wildman–Crippen LogP) is 1.52. The molecule has 0 aliphatic carbocycles. The predicted molar refractivity (Wildman–Crippen MR) is 111 cm³/mol. The molecule has 3 aliphatic heterocycles. The zero-order valence-electron chi connectivity index (χ0n) is 16.9. The van der Waals surface area contributed by atoms with Gasteiger partial charge in [-0.05, 0) is 43.4 Å². The van der Waals surface area contributed by atoms with Crippen molar-refractivity contribution in [1.29, 1.82) is 0 Å². The van der Waals surface area contributed by atoms with Crippen molar-refractivity contribution < 1.29 is 19.1 Å². The Bertz CT molecular complexity index is 802. The average molecular weight is 435 g/mol. The number of imide groups is 1. The van der Waals surface area contributed by atoms with Crippen molar-refractivity contribution in [2.24, 2.45) is 0 Å². The monoisotopic (exact) mass is 434 g/mol. The normalized spacial score (nSPS) is 23.8. The van der Waals surface area contributed by atoms with Crippen LogP contribution in [0.5, 0.6) is 0 Å². The van der Waals surface area contributed by atoms with Crippen molar-refractivity contribution in [1.82, 2.24) is 20.4 Å². The van der Waals surface area contributed by atoms with Crippen LogP contribution in [0.2, 0.25) is 5.02 Å². The number of nitrogens with zero attached hydrogens (tertiary/aromatic N) is 2. The molecule has 3 fully saturated rings. The number of urea groups is 1. The minimum absolute atomic E-state index is 0.0346. The first-order valence-corrected chi connectivity index (χ1v) is 10.8. The Balaban J connectivity index is 1.28. The van der Waals surface area contributed by atoms with Crippen LogP contribution in [0.15, 0.2) is 24.3 Å². The Morgan fingerprint density at radius 1 is 1.23 bits per heavy atom. The van der Waals surface area contributed by atoms with Crippen molar-refractivity contribution in [2.45, 2.75) is 43.9 Å². The standard InChI is InChI=1S/C21H27ClN4O4/c22-16-5-3-15(4-6-16)13-26-19(28)21(24-20(26)29)7-9-25(10-8-21)14-18(27)23-12-17-2-1-11-30-17/h3-6,17H,1-2,7-14H2,(H,23,27)(H,24,29)/t17-/m1/s1. The summed E-state index contributed by atoms with van der Waals surface area (Å²) < 4.78 is 5.52. The number of benzene rings is 1. The summed E-state index contributed by atoms with van der Waals surface area (Å²) >= 11 is 5.91. The zero-order chi connectivity index (χ0) is 21.1. The molecule has 0 aromatic heterocycles. The van der Waals surface area contributed by atoms with Gasteiger partial charge in [0, 0.05) is 31.3 Å². The van der Waals surface area contributed by atoms with Gasteiger partial charge in [-0.1, -0.05) is 23.7 Å². The quantitative estimate of drug-likeness (QED) is 0.662. The lowest BCUT2D eigenvalue weighted by Gasteiger charge is -2.37. The summed E-state index contributed by atoms with van der Waals surface area (Å²) in [7, 11) is 0. The summed E-state index contributed by atoms with van der Waals surface area (Å²) in [6, 6.07) is 6.75. The maximum absolute atomic E-state index is 13.0. The van der Waals surface area contributed by atoms with Gasteiger partial charge in [-0.3, -0.25) is 19.4 Å². The van der Waals surface area contributed by atoms with Gasteiger partial charge in [-0.15, -0.1) is 0 Å². The van der Waals surface area contributed by atoms with Crippen molar-refractivity contribution >= 4 is 29.4 Å². The second-order valence-electron chi connectivity index (χ2n) is 8.25. The van der Waals surface area contributed by atoms with Gasteiger partial charge in [-0.25, -0.2) is 4.79 Å². The van der Waals surface area contributed by atoms with Gasteiger partial charge in [0.15, 0.2) is 0 Å². The second kappa shape index (κ2) is 8.91. The smallest absolute Gasteiger partial charge is 0.325 e. The third-order valence-electron chi connectivity index (χ3n) is 6.13. The number of likely N-dealkylation sites (tertiary alicyclic amines) is 1. The fraction of sp³-hybridized carbons (Fsp3) is 0.571. The van der Waals surface area contributed by atoms with E-state index in [1.165, 1.54) is 4.90 Å². The number of halogens is 1. The maximum atomic E-state index is 13.0. The van der Waals surface area contributed by atoms with E-state index in [0.29, 0.717) is 44.0 Å². The fourth-order valence-electron chi connectivity index (χ4n) is 4.32. The van der Waals surface area contributed by atoms with Gasteiger partial charge in [0.05, 0.1) is 19.2 Å². The summed E-state index contributed by atoms with van der Waals surface area (Å²) in [5.74, 6) is -0.225. The molecule has 9 heteroatoms. The molecule has 0 radical (unpaired) electrons. The molecular formula is C21H27ClN4O4. The number of carbonyl (C=O) groups is 3. The Labute approximate surface area is 180 Å². The molecule has 1 spiro atoms. The number of piperidine rings is 1. The van der Waals surface area contributed by atoms with Crippen LogP contribution >= 0.6 is 11.6 Å². The molecule has 0 unspecified atom stereocenters. The largest absolute Gasteiger partial charge is 0.376 e. The molecule has 8 nitrogen and oxygen atoms in total. The van der Waals surface area contributed by atoms with Crippen LogP contribution in [0.4, 0.5) is 4.79 Å². The van der Waals surface area contributed by atoms with Crippen molar-refractivity contribution in [3.8, 4) is 0 Å². The number of hydrogen-bond donors (Lipinski definition) is 2. The minimum Gasteiger partial charge on any atom is -0.376 e. The van der Waals surface area contributed by atoms with E-state index < -0.39 is 5.54 Å². The van der Waals surface area contributed by atoms with Gasteiger partial charge in [-0.2, -0.15) is 0 Å². The second-order valence-corrected chi connectivity index (χ2v) is 8.68. The van der Waals surface area contributed by atoms with Gasteiger partial charge in [0.2, 0.25) is 5.91 Å². The van der Waals surface area contributed by atoms with E-state index in [9.17, 15) is 14.4 Å². The van der Waals surface area contributed by atoms with Gasteiger partial charge >= 0.3 is 6.03 Å². The van der Waals surface area contributed by atoms with Crippen molar-refractivity contribution in [2.75, 3.05) is 32.8 Å². The summed E-state index contributed by atoms with van der Waals surface area (Å²) in [6.45, 7) is 2.98. The molecule has 30 heavy (non-hydrogen) atoms. The fourth-order valence-corrected chi connectivity index (χ4v) is 4.44. The Kier molecular flexibility index (Phi) is 6.26. The highest BCUT2D eigenvalue weighted by Crippen LogP contribution is 2.30. The summed E-state index contributed by atoms with van der Waals surface area (Å²) in [5.41, 5.74) is -0.0194. The minimum atomic E-state index is -0.867. The van der Waals surface area contributed by atoms with Crippen LogP contribution in [0.1, 0.15) is 31.2 Å². The Hall–Kier alpha value is -2.16. The van der Waals surface area contributed by atoms with Gasteiger partial charge < -0.3 is 15.4 Å². The molecule has 3 aliphatic rings. The van der Waals surface area contributed by atoms with Crippen molar-refractivity contribution in [3.05, 3.63) is 34.9 Å². The molecule has 1 aromatic rings. The number of rotatable bonds is 6. The summed E-state index contributed by atoms with van der Waals surface area (Å²) in [4.78, 5) is 41.0. The molecular weight excluding hydrogens is 408 g/mol. The van der Waals surface area contributed by atoms with E-state index in [1.54, 1.807) is 12.1 Å². The van der Waals surface area contributed by atoms with E-state index in [1.807, 2.05) is 17.0 Å². The average Bonchev–Trinajstić information content (AvgIpc) is 3.33. The number of ether oxygens (including phenoxy) is 1. The van der Waals surface area contributed by atoms with Crippen molar-refractivity contribution in [3.63, 3.8) is 0 Å². The molecule has 162 valence electrons. The van der Waals surface area contributed by atoms with Crippen LogP contribution in [0, 0.1) is 0 Å². The molecule has 4 amide bonds. The third kappa shape index (κ3) is 4.61. The number of amides is 4. The Morgan fingerprint density at radius 3 is 2.63 bits per heavy atom. The molecule has 1 atom stereocenters.